The van der Waals surface area contributed by atoms with Gasteiger partial charge in [-0.2, -0.15) is 0 Å². The van der Waals surface area contributed by atoms with Crippen LogP contribution in [0.5, 0.6) is 11.5 Å². The number of fused-ring (bicyclic) bond motifs is 1. The third kappa shape index (κ3) is 8.25. The van der Waals surface area contributed by atoms with Crippen molar-refractivity contribution in [2.45, 2.75) is 66.2 Å². The minimum Gasteiger partial charge on any atom is -0.456 e. The van der Waals surface area contributed by atoms with Crippen LogP contribution in [0.15, 0.2) is 200 Å². The number of rotatable bonds is 10. The molecule has 0 fully saturated rings. The van der Waals surface area contributed by atoms with Crippen LogP contribution in [0.1, 0.15) is 68.0 Å². The highest BCUT2D eigenvalue weighted by molar-refractivity contribution is 5.89. The van der Waals surface area contributed by atoms with Gasteiger partial charge < -0.3 is 9.64 Å². The molecule has 0 saturated carbocycles. The maximum atomic E-state index is 6.77. The molecule has 0 saturated heterocycles. The second-order valence-corrected chi connectivity index (χ2v) is 18.8. The largest absolute Gasteiger partial charge is 0.456 e. The topological polar surface area (TPSA) is 12.5 Å². The molecule has 0 amide bonds. The average molecular weight is 832 g/mol. The van der Waals surface area contributed by atoms with Crippen LogP contribution in [-0.4, -0.2) is 0 Å². The lowest BCUT2D eigenvalue weighted by molar-refractivity contribution is 0.484. The van der Waals surface area contributed by atoms with Crippen molar-refractivity contribution in [3.05, 3.63) is 234 Å². The number of hydrogen-bond donors (Lipinski definition) is 0. The fourth-order valence-electron chi connectivity index (χ4n) is 9.43. The Balaban J connectivity index is 1.09. The van der Waals surface area contributed by atoms with E-state index in [0.717, 1.165) is 44.9 Å². The third-order valence-corrected chi connectivity index (χ3v) is 13.0. The molecule has 9 aromatic carbocycles. The summed E-state index contributed by atoms with van der Waals surface area (Å²) in [6.07, 6.45) is 0. The Hall–Kier alpha value is -7.16. The third-order valence-electron chi connectivity index (χ3n) is 13.0. The molecule has 0 N–H and O–H groups in total. The van der Waals surface area contributed by atoms with Crippen molar-refractivity contribution in [1.29, 1.82) is 0 Å². The Bertz CT molecular complexity index is 3110. The molecule has 0 spiro atoms. The van der Waals surface area contributed by atoms with Crippen LogP contribution >= 0.6 is 0 Å². The molecule has 316 valence electrons. The molecule has 0 radical (unpaired) electrons. The van der Waals surface area contributed by atoms with Crippen LogP contribution in [0.4, 0.5) is 17.1 Å². The molecule has 9 aromatic rings. The Kier molecular flexibility index (Phi) is 11.3. The van der Waals surface area contributed by atoms with E-state index in [1.54, 1.807) is 0 Å². The maximum absolute atomic E-state index is 6.77. The minimum absolute atomic E-state index is 0.0493. The lowest BCUT2D eigenvalue weighted by atomic mass is 9.75. The van der Waals surface area contributed by atoms with E-state index in [1.807, 2.05) is 0 Å². The molecule has 0 atom stereocenters. The highest BCUT2D eigenvalue weighted by atomic mass is 16.5. The van der Waals surface area contributed by atoms with Crippen molar-refractivity contribution in [3.8, 4) is 44.9 Å². The standard InChI is InChI=1S/C62H57NO/c1-42-18-9-13-25-56(42)62(7,8)50-22-15-21-48(41-50)45-30-35-51(36-31-45)63(58-27-17-28-59(44(58)3)64-60-29-16-20-47-19-10-11-23-54(47)60)52-37-32-46(33-38-52)49-34-39-53(43(2)40-49)55-24-12-14-26-57(55)61(4,5)6/h9-41H,1-8H3. The maximum Gasteiger partial charge on any atom is 0.135 e. The molecule has 0 aliphatic heterocycles. The number of hydrogen-bond acceptors (Lipinski definition) is 2. The second kappa shape index (κ2) is 17.2. The molecule has 0 aliphatic rings. The van der Waals surface area contributed by atoms with Crippen molar-refractivity contribution in [2.24, 2.45) is 0 Å². The minimum atomic E-state index is -0.140. The van der Waals surface area contributed by atoms with Crippen LogP contribution in [0.2, 0.25) is 0 Å². The first kappa shape index (κ1) is 42.2. The first-order valence-corrected chi connectivity index (χ1v) is 22.5. The molecule has 0 unspecified atom stereocenters. The van der Waals surface area contributed by atoms with E-state index in [-0.39, 0.29) is 10.8 Å². The molecule has 0 bridgehead atoms. The average Bonchev–Trinajstić information content (AvgIpc) is 3.30. The van der Waals surface area contributed by atoms with Gasteiger partial charge in [0.1, 0.15) is 11.5 Å². The summed E-state index contributed by atoms with van der Waals surface area (Å²) in [6.45, 7) is 18.1. The summed E-state index contributed by atoms with van der Waals surface area (Å²) in [5.74, 6) is 1.67. The monoisotopic (exact) mass is 831 g/mol. The first-order chi connectivity index (χ1) is 30.9. The van der Waals surface area contributed by atoms with Gasteiger partial charge in [-0.25, -0.2) is 0 Å². The van der Waals surface area contributed by atoms with Crippen molar-refractivity contribution in [3.63, 3.8) is 0 Å². The lowest BCUT2D eigenvalue weighted by Gasteiger charge is -2.29. The van der Waals surface area contributed by atoms with Gasteiger partial charge in [-0.05, 0) is 135 Å². The predicted octanol–water partition coefficient (Wildman–Crippen LogP) is 17.7. The first-order valence-electron chi connectivity index (χ1n) is 22.5. The van der Waals surface area contributed by atoms with Crippen LogP contribution in [0, 0.1) is 20.8 Å². The lowest BCUT2D eigenvalue weighted by Crippen LogP contribution is -2.20. The molecule has 0 heterocycles. The van der Waals surface area contributed by atoms with Gasteiger partial charge in [-0.15, -0.1) is 0 Å². The summed E-state index contributed by atoms with van der Waals surface area (Å²) in [5, 5.41) is 2.24. The number of nitrogens with zero attached hydrogens (tertiary/aromatic N) is 1. The van der Waals surface area contributed by atoms with E-state index < -0.39 is 0 Å². The summed E-state index contributed by atoms with van der Waals surface area (Å²) in [7, 11) is 0. The zero-order valence-electron chi connectivity index (χ0n) is 38.4. The van der Waals surface area contributed by atoms with Gasteiger partial charge in [-0.1, -0.05) is 192 Å². The zero-order chi connectivity index (χ0) is 44.6. The summed E-state index contributed by atoms with van der Waals surface area (Å²) >= 11 is 0. The van der Waals surface area contributed by atoms with E-state index in [0.29, 0.717) is 0 Å². The van der Waals surface area contributed by atoms with E-state index in [9.17, 15) is 0 Å². The molecule has 0 aliphatic carbocycles. The summed E-state index contributed by atoms with van der Waals surface area (Å²) in [5.41, 5.74) is 18.1. The summed E-state index contributed by atoms with van der Waals surface area (Å²) < 4.78 is 6.77. The quantitative estimate of drug-likeness (QED) is 0.136. The number of anilines is 3. The Morgan fingerprint density at radius 2 is 0.969 bits per heavy atom. The van der Waals surface area contributed by atoms with Gasteiger partial charge >= 0.3 is 0 Å². The van der Waals surface area contributed by atoms with Crippen LogP contribution in [-0.2, 0) is 10.8 Å². The Morgan fingerprint density at radius 1 is 0.406 bits per heavy atom. The van der Waals surface area contributed by atoms with Crippen LogP contribution in [0.3, 0.4) is 0 Å². The molecule has 0 aromatic heterocycles. The van der Waals surface area contributed by atoms with Crippen molar-refractivity contribution in [2.75, 3.05) is 4.90 Å². The second-order valence-electron chi connectivity index (χ2n) is 18.8. The molecular weight excluding hydrogens is 775 g/mol. The normalized spacial score (nSPS) is 11.8. The van der Waals surface area contributed by atoms with Crippen molar-refractivity contribution in [1.82, 2.24) is 0 Å². The number of ether oxygens (including phenoxy) is 1. The van der Waals surface area contributed by atoms with Crippen molar-refractivity contribution >= 4 is 27.8 Å². The van der Waals surface area contributed by atoms with Gasteiger partial charge in [-0.3, -0.25) is 0 Å². The molecule has 64 heavy (non-hydrogen) atoms. The molecule has 2 nitrogen and oxygen atoms in total. The fourth-order valence-corrected chi connectivity index (χ4v) is 9.43. The summed E-state index contributed by atoms with van der Waals surface area (Å²) in [4.78, 5) is 2.36. The Labute approximate surface area is 380 Å². The molecular formula is C62H57NO. The van der Waals surface area contributed by atoms with E-state index in [1.165, 1.54) is 61.2 Å². The highest BCUT2D eigenvalue weighted by Crippen LogP contribution is 2.43. The van der Waals surface area contributed by atoms with Crippen LogP contribution < -0.4 is 9.64 Å². The van der Waals surface area contributed by atoms with Gasteiger partial charge in [0.05, 0.1) is 5.69 Å². The SMILES string of the molecule is Cc1cc(-c2ccc(N(c3ccc(-c4cccc(C(C)(C)c5ccccc5C)c4)cc3)c3cccc(Oc4cccc5ccccc45)c3C)cc2)ccc1-c1ccccc1C(C)(C)C. The van der Waals surface area contributed by atoms with Gasteiger partial charge in [0, 0.05) is 27.7 Å². The number of aryl methyl sites for hydroxylation is 2. The molecule has 2 heteroatoms. The van der Waals surface area contributed by atoms with Crippen LogP contribution in [0.25, 0.3) is 44.2 Å². The van der Waals surface area contributed by atoms with Gasteiger partial charge in [0.2, 0.25) is 0 Å². The number of benzene rings is 9. The highest BCUT2D eigenvalue weighted by Gasteiger charge is 2.25. The van der Waals surface area contributed by atoms with Crippen molar-refractivity contribution < 1.29 is 4.74 Å². The summed E-state index contributed by atoms with van der Waals surface area (Å²) in [6, 6.07) is 72.5. The predicted molar refractivity (Wildman–Crippen MR) is 273 cm³/mol. The fraction of sp³-hybridized carbons (Fsp3) is 0.161. The van der Waals surface area contributed by atoms with Gasteiger partial charge in [0.15, 0.2) is 0 Å². The Morgan fingerprint density at radius 3 is 1.66 bits per heavy atom. The van der Waals surface area contributed by atoms with Gasteiger partial charge in [0.25, 0.3) is 0 Å². The van der Waals surface area contributed by atoms with E-state index >= 15 is 0 Å². The smallest absolute Gasteiger partial charge is 0.135 e. The molecule has 9 rings (SSSR count). The zero-order valence-corrected chi connectivity index (χ0v) is 38.4. The van der Waals surface area contributed by atoms with E-state index in [4.69, 9.17) is 4.74 Å². The van der Waals surface area contributed by atoms with E-state index in [2.05, 4.69) is 260 Å².